The summed E-state index contributed by atoms with van der Waals surface area (Å²) in [7, 11) is 0. The largest absolute Gasteiger partial charge is 0.479 e. The van der Waals surface area contributed by atoms with Crippen molar-refractivity contribution in [3.05, 3.63) is 59.6 Å². The number of nitrogens with zero attached hydrogens (tertiary/aromatic N) is 7. The smallest absolute Gasteiger partial charge is 0.387 e. The predicted molar refractivity (Wildman–Crippen MR) is 150 cm³/mol. The number of ether oxygens (including phenoxy) is 2. The number of fused-ring (bicyclic) bond motifs is 4. The molecule has 0 saturated heterocycles. The van der Waals surface area contributed by atoms with Gasteiger partial charge in [0.2, 0.25) is 0 Å². The van der Waals surface area contributed by atoms with Crippen molar-refractivity contribution in [1.29, 1.82) is 5.26 Å². The van der Waals surface area contributed by atoms with Crippen LogP contribution in [0.4, 0.5) is 13.2 Å². The zero-order chi connectivity index (χ0) is 30.5. The number of halogens is 3. The highest BCUT2D eigenvalue weighted by Gasteiger charge is 2.48. The molecule has 0 radical (unpaired) electrons. The van der Waals surface area contributed by atoms with Gasteiger partial charge in [0.15, 0.2) is 29.3 Å². The van der Waals surface area contributed by atoms with Gasteiger partial charge in [0, 0.05) is 36.9 Å². The summed E-state index contributed by atoms with van der Waals surface area (Å²) in [5.74, 6) is 0.479. The molecule has 0 spiro atoms. The molecule has 2 N–H and O–H groups in total. The lowest BCUT2D eigenvalue weighted by Gasteiger charge is -2.38. The first-order valence-corrected chi connectivity index (χ1v) is 14.6. The van der Waals surface area contributed by atoms with Gasteiger partial charge < -0.3 is 19.9 Å². The summed E-state index contributed by atoms with van der Waals surface area (Å²) in [5.41, 5.74) is 3.84. The van der Waals surface area contributed by atoms with E-state index >= 15 is 0 Å². The molecular weight excluding hydrogens is 577 g/mol. The minimum atomic E-state index is -3.09. The number of pyridine rings is 2. The Labute approximate surface area is 250 Å². The number of hydrogen-bond donors (Lipinski definition) is 2. The topological polar surface area (TPSA) is 126 Å². The number of aliphatic hydroxyl groups is 1. The van der Waals surface area contributed by atoms with E-state index in [1.807, 2.05) is 11.6 Å². The molecule has 2 bridgehead atoms. The van der Waals surface area contributed by atoms with Crippen LogP contribution in [0.5, 0.6) is 11.5 Å². The van der Waals surface area contributed by atoms with Crippen molar-refractivity contribution in [2.75, 3.05) is 13.2 Å². The normalized spacial score (nSPS) is 23.6. The first-order chi connectivity index (χ1) is 21.3. The van der Waals surface area contributed by atoms with E-state index in [1.165, 1.54) is 22.8 Å². The van der Waals surface area contributed by atoms with E-state index < -0.39 is 25.1 Å². The minimum absolute atomic E-state index is 0.121. The first-order valence-electron chi connectivity index (χ1n) is 14.6. The average molecular weight is 609 g/mol. The quantitative estimate of drug-likeness (QED) is 0.216. The lowest BCUT2D eigenvalue weighted by molar-refractivity contribution is -0.0489. The van der Waals surface area contributed by atoms with E-state index in [2.05, 4.69) is 26.5 Å². The van der Waals surface area contributed by atoms with Gasteiger partial charge in [-0.3, -0.25) is 14.6 Å². The van der Waals surface area contributed by atoms with Gasteiger partial charge in [-0.05, 0) is 61.8 Å². The Bertz CT molecular complexity index is 1720. The Morgan fingerprint density at radius 1 is 1.14 bits per heavy atom. The van der Waals surface area contributed by atoms with E-state index in [0.29, 0.717) is 29.1 Å². The van der Waals surface area contributed by atoms with Gasteiger partial charge >= 0.3 is 6.61 Å². The van der Waals surface area contributed by atoms with Crippen molar-refractivity contribution >= 4 is 5.52 Å². The SMILES string of the molecule is Cc1c(-c2cc(OC(CO)c3ccc(F)cn3)c3c(OC(F)F)cnn3c2)nn2c1CN(C1CC3CC1CC3NC#N)CC2. The molecule has 2 aliphatic carbocycles. The molecule has 1 aliphatic heterocycles. The van der Waals surface area contributed by atoms with Crippen LogP contribution >= 0.6 is 0 Å². The lowest BCUT2D eigenvalue weighted by Crippen LogP contribution is -2.46. The highest BCUT2D eigenvalue weighted by molar-refractivity contribution is 5.75. The Morgan fingerprint density at radius 3 is 2.70 bits per heavy atom. The second-order valence-corrected chi connectivity index (χ2v) is 11.7. The highest BCUT2D eigenvalue weighted by atomic mass is 19.3. The van der Waals surface area contributed by atoms with Crippen LogP contribution in [0.15, 0.2) is 36.8 Å². The Kier molecular flexibility index (Phi) is 7.30. The van der Waals surface area contributed by atoms with Gasteiger partial charge in [0.1, 0.15) is 5.82 Å². The van der Waals surface area contributed by atoms with E-state index in [-0.39, 0.29) is 28.8 Å². The molecule has 230 valence electrons. The van der Waals surface area contributed by atoms with Crippen LogP contribution in [0, 0.1) is 36.0 Å². The fourth-order valence-corrected chi connectivity index (χ4v) is 7.36. The van der Waals surface area contributed by atoms with Gasteiger partial charge in [-0.1, -0.05) is 0 Å². The zero-order valence-electron chi connectivity index (χ0n) is 23.9. The molecule has 2 saturated carbocycles. The third-order valence-corrected chi connectivity index (χ3v) is 9.36. The number of aliphatic hydroxyl groups excluding tert-OH is 1. The highest BCUT2D eigenvalue weighted by Crippen LogP contribution is 2.48. The number of nitriles is 1. The molecule has 2 fully saturated rings. The van der Waals surface area contributed by atoms with Crippen LogP contribution in [-0.2, 0) is 13.1 Å². The maximum absolute atomic E-state index is 13.5. The summed E-state index contributed by atoms with van der Waals surface area (Å²) in [5, 5.41) is 31.3. The molecular formula is C30H31F3N8O3. The summed E-state index contributed by atoms with van der Waals surface area (Å²) in [6.45, 7) is 0.790. The van der Waals surface area contributed by atoms with Crippen LogP contribution in [-0.4, -0.2) is 66.2 Å². The maximum Gasteiger partial charge on any atom is 0.387 e. The van der Waals surface area contributed by atoms with Gasteiger partial charge in [0.25, 0.3) is 0 Å². The molecule has 0 amide bonds. The molecule has 7 rings (SSSR count). The molecule has 0 aromatic carbocycles. The lowest BCUT2D eigenvalue weighted by atomic mass is 9.89. The standard InChI is InChI=1S/C30H31F3N8O3/c1-16-24-13-39(23-8-17-6-18(23)7-22(17)36-15-34)4-5-40(24)38-28(16)19-9-25(29-26(44-30(32)33)11-37-41(29)12-19)43-27(14-42)21-3-2-20(31)10-35-21/h2-3,9-12,17-18,22-23,27,30,36,42H,4-8,13-14H2,1H3. The molecule has 44 heavy (non-hydrogen) atoms. The summed E-state index contributed by atoms with van der Waals surface area (Å²) < 4.78 is 54.3. The first kappa shape index (κ1) is 28.4. The fourth-order valence-electron chi connectivity index (χ4n) is 7.36. The van der Waals surface area contributed by atoms with Crippen molar-refractivity contribution in [2.24, 2.45) is 11.8 Å². The van der Waals surface area contributed by atoms with Crippen molar-refractivity contribution in [3.8, 4) is 28.9 Å². The second kappa shape index (κ2) is 11.3. The van der Waals surface area contributed by atoms with E-state index in [9.17, 15) is 18.3 Å². The third-order valence-electron chi connectivity index (χ3n) is 9.36. The van der Waals surface area contributed by atoms with Gasteiger partial charge in [0.05, 0.1) is 42.6 Å². The second-order valence-electron chi connectivity index (χ2n) is 11.7. The average Bonchev–Trinajstić information content (AvgIpc) is 3.79. The summed E-state index contributed by atoms with van der Waals surface area (Å²) >= 11 is 0. The van der Waals surface area contributed by atoms with Crippen molar-refractivity contribution < 1.29 is 27.8 Å². The van der Waals surface area contributed by atoms with Gasteiger partial charge in [-0.15, -0.1) is 0 Å². The molecule has 4 aromatic heterocycles. The Hall–Kier alpha value is -4.35. The van der Waals surface area contributed by atoms with E-state index in [1.54, 1.807) is 12.3 Å². The molecule has 11 nitrogen and oxygen atoms in total. The summed E-state index contributed by atoms with van der Waals surface area (Å²) in [6.07, 6.45) is 8.23. The predicted octanol–water partition coefficient (Wildman–Crippen LogP) is 3.81. The Balaban J connectivity index is 1.21. The minimum Gasteiger partial charge on any atom is -0.479 e. The third kappa shape index (κ3) is 4.99. The molecule has 5 unspecified atom stereocenters. The molecule has 14 heteroatoms. The van der Waals surface area contributed by atoms with Crippen LogP contribution in [0.1, 0.15) is 42.3 Å². The van der Waals surface area contributed by atoms with E-state index in [4.69, 9.17) is 19.8 Å². The number of rotatable bonds is 9. The molecule has 5 atom stereocenters. The molecule has 5 heterocycles. The van der Waals surface area contributed by atoms with Crippen molar-refractivity contribution in [3.63, 3.8) is 0 Å². The van der Waals surface area contributed by atoms with Gasteiger partial charge in [-0.25, -0.2) is 8.91 Å². The number of aromatic nitrogens is 5. The monoisotopic (exact) mass is 608 g/mol. The van der Waals surface area contributed by atoms with E-state index in [0.717, 1.165) is 56.4 Å². The number of nitrogens with one attached hydrogen (secondary N) is 1. The molecule has 4 aromatic rings. The zero-order valence-corrected chi connectivity index (χ0v) is 23.9. The number of hydrogen-bond acceptors (Lipinski definition) is 9. The molecule has 3 aliphatic rings. The summed E-state index contributed by atoms with van der Waals surface area (Å²) in [4.78, 5) is 6.56. The van der Waals surface area contributed by atoms with Crippen LogP contribution in [0.3, 0.4) is 0 Å². The summed E-state index contributed by atoms with van der Waals surface area (Å²) in [6, 6.07) is 5.02. The Morgan fingerprint density at radius 2 is 2.00 bits per heavy atom. The van der Waals surface area contributed by atoms with Crippen LogP contribution < -0.4 is 14.8 Å². The van der Waals surface area contributed by atoms with Crippen LogP contribution in [0.2, 0.25) is 0 Å². The fraction of sp³-hybridized carbons (Fsp3) is 0.467. The number of alkyl halides is 2. The van der Waals surface area contributed by atoms with Crippen molar-refractivity contribution in [2.45, 2.75) is 64.1 Å². The maximum atomic E-state index is 13.5. The van der Waals surface area contributed by atoms with Gasteiger partial charge in [-0.2, -0.15) is 24.2 Å². The van der Waals surface area contributed by atoms with Crippen molar-refractivity contribution in [1.82, 2.24) is 34.6 Å². The van der Waals surface area contributed by atoms with Crippen LogP contribution in [0.25, 0.3) is 16.8 Å².